The van der Waals surface area contributed by atoms with Gasteiger partial charge in [-0.25, -0.2) is 4.79 Å². The molecule has 0 bridgehead atoms. The van der Waals surface area contributed by atoms with Gasteiger partial charge in [0.15, 0.2) is 0 Å². The number of aromatic carboxylic acids is 1. The average molecular weight is 267 g/mol. The topological polar surface area (TPSA) is 50.4 Å². The predicted octanol–water partition coefficient (Wildman–Crippen LogP) is 3.41. The summed E-state index contributed by atoms with van der Waals surface area (Å²) in [5.41, 5.74) is 1.93. The zero-order valence-electron chi connectivity index (χ0n) is 7.61. The number of hydrogen-bond donors (Lipinski definition) is 1. The Morgan fingerprint density at radius 3 is 2.67 bits per heavy atom. The van der Waals surface area contributed by atoms with Crippen LogP contribution in [0.5, 0.6) is 0 Å². The molecule has 1 heterocycles. The van der Waals surface area contributed by atoms with E-state index in [0.29, 0.717) is 4.47 Å². The molecular weight excluding hydrogens is 260 g/mol. The van der Waals surface area contributed by atoms with Crippen LogP contribution in [0.25, 0.3) is 11.1 Å². The van der Waals surface area contributed by atoms with Crippen molar-refractivity contribution in [3.05, 3.63) is 46.8 Å². The van der Waals surface area contributed by atoms with Gasteiger partial charge in [0, 0.05) is 10.0 Å². The Morgan fingerprint density at radius 2 is 2.07 bits per heavy atom. The number of carboxylic acids is 1. The van der Waals surface area contributed by atoms with Gasteiger partial charge in [-0.05, 0) is 39.7 Å². The molecule has 0 amide bonds. The Labute approximate surface area is 94.5 Å². The Balaban J connectivity index is 2.52. The van der Waals surface area contributed by atoms with E-state index in [1.807, 2.05) is 6.07 Å². The summed E-state index contributed by atoms with van der Waals surface area (Å²) in [4.78, 5) is 10.9. The fourth-order valence-electron chi connectivity index (χ4n) is 1.30. The minimum atomic E-state index is -0.952. The third kappa shape index (κ3) is 1.94. The van der Waals surface area contributed by atoms with Crippen molar-refractivity contribution in [2.24, 2.45) is 0 Å². The number of carbonyl (C=O) groups is 1. The van der Waals surface area contributed by atoms with Crippen LogP contribution < -0.4 is 0 Å². The SMILES string of the molecule is O=C(O)c1cc(-c2ccoc2)ccc1Br. The molecule has 3 nitrogen and oxygen atoms in total. The van der Waals surface area contributed by atoms with Crippen LogP contribution in [-0.2, 0) is 0 Å². The van der Waals surface area contributed by atoms with Crippen molar-refractivity contribution in [1.82, 2.24) is 0 Å². The smallest absolute Gasteiger partial charge is 0.336 e. The van der Waals surface area contributed by atoms with E-state index in [2.05, 4.69) is 15.9 Å². The first kappa shape index (κ1) is 9.98. The second-order valence-corrected chi connectivity index (χ2v) is 3.87. The van der Waals surface area contributed by atoms with Crippen molar-refractivity contribution in [1.29, 1.82) is 0 Å². The number of furan rings is 1. The molecule has 0 aliphatic carbocycles. The maximum absolute atomic E-state index is 10.9. The molecule has 1 N–H and O–H groups in total. The summed E-state index contributed by atoms with van der Waals surface area (Å²) in [7, 11) is 0. The van der Waals surface area contributed by atoms with E-state index in [0.717, 1.165) is 11.1 Å². The first-order valence-electron chi connectivity index (χ1n) is 4.24. The minimum Gasteiger partial charge on any atom is -0.478 e. The molecule has 1 aromatic carbocycles. The maximum atomic E-state index is 10.9. The number of carboxylic acid groups (broad SMARTS) is 1. The lowest BCUT2D eigenvalue weighted by molar-refractivity contribution is 0.0696. The van der Waals surface area contributed by atoms with Gasteiger partial charge in [-0.3, -0.25) is 0 Å². The van der Waals surface area contributed by atoms with Crippen molar-refractivity contribution in [3.63, 3.8) is 0 Å². The molecule has 0 aliphatic heterocycles. The molecule has 0 unspecified atom stereocenters. The lowest BCUT2D eigenvalue weighted by Crippen LogP contribution is -1.97. The Bertz CT molecular complexity index is 489. The Hall–Kier alpha value is -1.55. The quantitative estimate of drug-likeness (QED) is 0.907. The number of hydrogen-bond acceptors (Lipinski definition) is 2. The third-order valence-corrected chi connectivity index (χ3v) is 2.74. The fraction of sp³-hybridized carbons (Fsp3) is 0. The van der Waals surface area contributed by atoms with Crippen molar-refractivity contribution in [2.45, 2.75) is 0 Å². The van der Waals surface area contributed by atoms with Crippen LogP contribution in [0.1, 0.15) is 10.4 Å². The molecule has 0 fully saturated rings. The molecular formula is C11H7BrO3. The van der Waals surface area contributed by atoms with Gasteiger partial charge in [-0.1, -0.05) is 6.07 Å². The van der Waals surface area contributed by atoms with E-state index in [1.54, 1.807) is 30.7 Å². The van der Waals surface area contributed by atoms with Crippen LogP contribution in [-0.4, -0.2) is 11.1 Å². The molecule has 0 saturated carbocycles. The molecule has 1 aromatic heterocycles. The fourth-order valence-corrected chi connectivity index (χ4v) is 1.71. The van der Waals surface area contributed by atoms with Crippen LogP contribution in [0.3, 0.4) is 0 Å². The van der Waals surface area contributed by atoms with Crippen LogP contribution in [0.2, 0.25) is 0 Å². The van der Waals surface area contributed by atoms with Gasteiger partial charge >= 0.3 is 5.97 Å². The monoisotopic (exact) mass is 266 g/mol. The van der Waals surface area contributed by atoms with Crippen molar-refractivity contribution < 1.29 is 14.3 Å². The summed E-state index contributed by atoms with van der Waals surface area (Å²) in [6.45, 7) is 0. The average Bonchev–Trinajstić information content (AvgIpc) is 2.71. The highest BCUT2D eigenvalue weighted by Crippen LogP contribution is 2.25. The molecule has 0 aliphatic rings. The zero-order valence-corrected chi connectivity index (χ0v) is 9.19. The van der Waals surface area contributed by atoms with E-state index >= 15 is 0 Å². The van der Waals surface area contributed by atoms with Crippen LogP contribution in [0, 0.1) is 0 Å². The van der Waals surface area contributed by atoms with Gasteiger partial charge in [0.2, 0.25) is 0 Å². The summed E-state index contributed by atoms with van der Waals surface area (Å²) < 4.78 is 5.51. The van der Waals surface area contributed by atoms with E-state index in [9.17, 15) is 4.79 Å². The molecule has 4 heteroatoms. The largest absolute Gasteiger partial charge is 0.478 e. The summed E-state index contributed by atoms with van der Waals surface area (Å²) in [6.07, 6.45) is 3.13. The van der Waals surface area contributed by atoms with Crippen molar-refractivity contribution in [3.8, 4) is 11.1 Å². The highest BCUT2D eigenvalue weighted by atomic mass is 79.9. The summed E-state index contributed by atoms with van der Waals surface area (Å²) >= 11 is 3.19. The van der Waals surface area contributed by atoms with E-state index in [4.69, 9.17) is 9.52 Å². The maximum Gasteiger partial charge on any atom is 0.336 e. The Kier molecular flexibility index (Phi) is 2.60. The summed E-state index contributed by atoms with van der Waals surface area (Å²) in [6, 6.07) is 6.94. The molecule has 2 aromatic rings. The normalized spacial score (nSPS) is 10.2. The van der Waals surface area contributed by atoms with Crippen LogP contribution in [0.15, 0.2) is 45.7 Å². The molecule has 0 spiro atoms. The lowest BCUT2D eigenvalue weighted by Gasteiger charge is -2.02. The number of halogens is 1. The van der Waals surface area contributed by atoms with Gasteiger partial charge in [0.1, 0.15) is 0 Å². The third-order valence-electron chi connectivity index (χ3n) is 2.05. The van der Waals surface area contributed by atoms with Gasteiger partial charge in [0.05, 0.1) is 18.1 Å². The molecule has 15 heavy (non-hydrogen) atoms. The van der Waals surface area contributed by atoms with E-state index < -0.39 is 5.97 Å². The van der Waals surface area contributed by atoms with Crippen molar-refractivity contribution in [2.75, 3.05) is 0 Å². The van der Waals surface area contributed by atoms with Gasteiger partial charge in [-0.15, -0.1) is 0 Å². The number of rotatable bonds is 2. The van der Waals surface area contributed by atoms with E-state index in [-0.39, 0.29) is 5.56 Å². The van der Waals surface area contributed by atoms with Crippen LogP contribution in [0.4, 0.5) is 0 Å². The second kappa shape index (κ2) is 3.90. The highest BCUT2D eigenvalue weighted by Gasteiger charge is 2.10. The molecule has 0 radical (unpaired) electrons. The van der Waals surface area contributed by atoms with Crippen LogP contribution >= 0.6 is 15.9 Å². The number of benzene rings is 1. The Morgan fingerprint density at radius 1 is 1.27 bits per heavy atom. The first-order chi connectivity index (χ1) is 7.18. The van der Waals surface area contributed by atoms with E-state index in [1.165, 1.54) is 0 Å². The standard InChI is InChI=1S/C11H7BrO3/c12-10-2-1-7(5-9(10)11(13)14)8-3-4-15-6-8/h1-6H,(H,13,14). The van der Waals surface area contributed by atoms with Gasteiger partial charge in [0.25, 0.3) is 0 Å². The molecule has 76 valence electrons. The van der Waals surface area contributed by atoms with Gasteiger partial charge in [-0.2, -0.15) is 0 Å². The van der Waals surface area contributed by atoms with Gasteiger partial charge < -0.3 is 9.52 Å². The molecule has 2 rings (SSSR count). The molecule has 0 saturated heterocycles. The lowest BCUT2D eigenvalue weighted by atomic mass is 10.1. The second-order valence-electron chi connectivity index (χ2n) is 3.01. The predicted molar refractivity (Wildman–Crippen MR) is 58.8 cm³/mol. The first-order valence-corrected chi connectivity index (χ1v) is 5.03. The zero-order chi connectivity index (χ0) is 10.8. The molecule has 0 atom stereocenters. The highest BCUT2D eigenvalue weighted by molar-refractivity contribution is 9.10. The summed E-state index contributed by atoms with van der Waals surface area (Å²) in [5.74, 6) is -0.952. The summed E-state index contributed by atoms with van der Waals surface area (Å²) in [5, 5.41) is 8.93. The minimum absolute atomic E-state index is 0.244. The van der Waals surface area contributed by atoms with Crippen molar-refractivity contribution >= 4 is 21.9 Å².